The van der Waals surface area contributed by atoms with Gasteiger partial charge in [-0.1, -0.05) is 0 Å². The maximum atomic E-state index is 12.4. The summed E-state index contributed by atoms with van der Waals surface area (Å²) in [6, 6.07) is 7.77. The Morgan fingerprint density at radius 1 is 1.14 bits per heavy atom. The Kier molecular flexibility index (Phi) is 5.38. The molecule has 0 aliphatic carbocycles. The molecule has 0 bridgehead atoms. The van der Waals surface area contributed by atoms with E-state index in [1.807, 2.05) is 25.1 Å². The molecule has 4 rings (SSSR count). The largest absolute Gasteiger partial charge is 0.460 e. The number of nitrogens with zero attached hydrogens (tertiary/aromatic N) is 5. The lowest BCUT2D eigenvalue weighted by Gasteiger charge is -2.30. The molecule has 3 aromatic rings. The Bertz CT molecular complexity index is 957. The van der Waals surface area contributed by atoms with Crippen molar-refractivity contribution in [2.45, 2.75) is 25.9 Å². The van der Waals surface area contributed by atoms with E-state index in [-0.39, 0.29) is 12.0 Å². The van der Waals surface area contributed by atoms with Crippen LogP contribution in [0.1, 0.15) is 18.5 Å². The van der Waals surface area contributed by atoms with E-state index < -0.39 is 0 Å². The summed E-state index contributed by atoms with van der Waals surface area (Å²) in [7, 11) is 0. The Labute approximate surface area is 163 Å². The number of amides is 1. The molecule has 4 heterocycles. The molecule has 28 heavy (non-hydrogen) atoms. The molecule has 1 aliphatic rings. The van der Waals surface area contributed by atoms with Gasteiger partial charge in [-0.05, 0) is 44.0 Å². The molecule has 8 nitrogen and oxygen atoms in total. The van der Waals surface area contributed by atoms with Gasteiger partial charge < -0.3 is 10.1 Å². The summed E-state index contributed by atoms with van der Waals surface area (Å²) in [6.07, 6.45) is 6.82. The highest BCUT2D eigenvalue weighted by atomic mass is 16.5. The summed E-state index contributed by atoms with van der Waals surface area (Å²) in [5.41, 5.74) is 1.75. The number of piperidine rings is 1. The molecule has 0 saturated carbocycles. The van der Waals surface area contributed by atoms with Crippen molar-refractivity contribution in [2.75, 3.05) is 25.0 Å². The van der Waals surface area contributed by atoms with Crippen LogP contribution in [-0.4, -0.2) is 56.5 Å². The Morgan fingerprint density at radius 3 is 2.71 bits per heavy atom. The van der Waals surface area contributed by atoms with Crippen LogP contribution in [-0.2, 0) is 4.79 Å². The van der Waals surface area contributed by atoms with E-state index in [4.69, 9.17) is 4.74 Å². The number of carbonyl (C=O) groups is 1. The van der Waals surface area contributed by atoms with Crippen LogP contribution in [0.15, 0.2) is 42.9 Å². The summed E-state index contributed by atoms with van der Waals surface area (Å²) in [4.78, 5) is 31.5. The van der Waals surface area contributed by atoms with E-state index in [0.29, 0.717) is 18.4 Å². The topological polar surface area (TPSA) is 93.1 Å². The third-order valence-electron chi connectivity index (χ3n) is 4.80. The number of hydrogen-bond donors (Lipinski definition) is 1. The third kappa shape index (κ3) is 4.40. The van der Waals surface area contributed by atoms with Gasteiger partial charge in [-0.15, -0.1) is 0 Å². The second-order valence-electron chi connectivity index (χ2n) is 6.83. The number of ether oxygens (including phenoxy) is 1. The lowest BCUT2D eigenvalue weighted by atomic mass is 10.1. The van der Waals surface area contributed by atoms with Crippen molar-refractivity contribution in [2.24, 2.45) is 0 Å². The van der Waals surface area contributed by atoms with E-state index in [2.05, 4.69) is 30.2 Å². The van der Waals surface area contributed by atoms with Crippen LogP contribution in [0.3, 0.4) is 0 Å². The Hall–Kier alpha value is -3.13. The van der Waals surface area contributed by atoms with Crippen LogP contribution in [0.2, 0.25) is 0 Å². The molecule has 0 radical (unpaired) electrons. The molecule has 0 atom stereocenters. The van der Waals surface area contributed by atoms with Crippen molar-refractivity contribution in [3.8, 4) is 6.01 Å². The van der Waals surface area contributed by atoms with Crippen molar-refractivity contribution >= 4 is 22.6 Å². The first-order chi connectivity index (χ1) is 13.7. The van der Waals surface area contributed by atoms with Crippen LogP contribution < -0.4 is 10.1 Å². The van der Waals surface area contributed by atoms with Gasteiger partial charge in [-0.25, -0.2) is 15.0 Å². The number of hydrogen-bond acceptors (Lipinski definition) is 7. The molecule has 0 unspecified atom stereocenters. The van der Waals surface area contributed by atoms with E-state index in [9.17, 15) is 4.79 Å². The van der Waals surface area contributed by atoms with Gasteiger partial charge >= 0.3 is 6.01 Å². The maximum Gasteiger partial charge on any atom is 0.316 e. The molecule has 3 aromatic heterocycles. The normalized spacial score (nSPS) is 15.5. The molecular formula is C20H22N6O2. The molecule has 1 amide bonds. The van der Waals surface area contributed by atoms with E-state index in [0.717, 1.165) is 42.5 Å². The van der Waals surface area contributed by atoms with Crippen LogP contribution in [0, 0.1) is 6.92 Å². The van der Waals surface area contributed by atoms with Crippen LogP contribution in [0.25, 0.3) is 10.9 Å². The summed E-state index contributed by atoms with van der Waals surface area (Å²) in [5, 5.41) is 3.88. The lowest BCUT2D eigenvalue weighted by Crippen LogP contribution is -2.42. The zero-order chi connectivity index (χ0) is 19.3. The van der Waals surface area contributed by atoms with Crippen LogP contribution >= 0.6 is 0 Å². The predicted molar refractivity (Wildman–Crippen MR) is 105 cm³/mol. The van der Waals surface area contributed by atoms with Gasteiger partial charge in [0.05, 0.1) is 12.1 Å². The number of carbonyl (C=O) groups excluding carboxylic acids is 1. The molecule has 1 saturated heterocycles. The number of likely N-dealkylation sites (tertiary alicyclic amines) is 1. The minimum absolute atomic E-state index is 0.0663. The monoisotopic (exact) mass is 378 g/mol. The fourth-order valence-corrected chi connectivity index (χ4v) is 3.33. The highest BCUT2D eigenvalue weighted by molar-refractivity contribution is 5.93. The first-order valence-electron chi connectivity index (χ1n) is 9.35. The summed E-state index contributed by atoms with van der Waals surface area (Å²) in [5.74, 6) is 0.492. The van der Waals surface area contributed by atoms with Crippen molar-refractivity contribution in [3.05, 3.63) is 48.5 Å². The zero-order valence-corrected chi connectivity index (χ0v) is 15.7. The highest BCUT2D eigenvalue weighted by Gasteiger charge is 2.22. The first kappa shape index (κ1) is 18.2. The van der Waals surface area contributed by atoms with E-state index >= 15 is 0 Å². The molecule has 1 aliphatic heterocycles. The predicted octanol–water partition coefficient (Wildman–Crippen LogP) is 2.21. The number of nitrogens with one attached hydrogen (secondary N) is 1. The molecule has 144 valence electrons. The molecule has 1 fully saturated rings. The average Bonchev–Trinajstić information content (AvgIpc) is 2.70. The van der Waals surface area contributed by atoms with E-state index in [1.54, 1.807) is 24.7 Å². The number of aryl methyl sites for hydroxylation is 1. The SMILES string of the molecule is Cc1nccc2nc(NC(=O)CN3CCC(Oc4ncccn4)CC3)ccc12. The minimum Gasteiger partial charge on any atom is -0.460 e. The van der Waals surface area contributed by atoms with Crippen molar-refractivity contribution in [1.82, 2.24) is 24.8 Å². The fourth-order valence-electron chi connectivity index (χ4n) is 3.33. The van der Waals surface area contributed by atoms with Gasteiger partial charge in [0.25, 0.3) is 0 Å². The fraction of sp³-hybridized carbons (Fsp3) is 0.350. The van der Waals surface area contributed by atoms with Gasteiger partial charge in [0.2, 0.25) is 5.91 Å². The standard InChI is InChI=1S/C20H22N6O2/c1-14-16-3-4-18(24-17(16)5-10-21-14)25-19(27)13-26-11-6-15(7-12-26)28-20-22-8-2-9-23-20/h2-5,8-10,15H,6-7,11-13H2,1H3,(H,24,25,27). The average molecular weight is 378 g/mol. The summed E-state index contributed by atoms with van der Waals surface area (Å²) < 4.78 is 5.79. The Balaban J connectivity index is 1.28. The zero-order valence-electron chi connectivity index (χ0n) is 15.7. The van der Waals surface area contributed by atoms with Gasteiger partial charge in [-0.2, -0.15) is 0 Å². The Morgan fingerprint density at radius 2 is 1.93 bits per heavy atom. The quantitative estimate of drug-likeness (QED) is 0.727. The minimum atomic E-state index is -0.0663. The summed E-state index contributed by atoms with van der Waals surface area (Å²) in [6.45, 7) is 3.87. The van der Waals surface area contributed by atoms with Crippen molar-refractivity contribution in [1.29, 1.82) is 0 Å². The van der Waals surface area contributed by atoms with Crippen LogP contribution in [0.5, 0.6) is 6.01 Å². The smallest absolute Gasteiger partial charge is 0.316 e. The second kappa shape index (κ2) is 8.26. The number of anilines is 1. The third-order valence-corrected chi connectivity index (χ3v) is 4.80. The van der Waals surface area contributed by atoms with Gasteiger partial charge in [-0.3, -0.25) is 14.7 Å². The first-order valence-corrected chi connectivity index (χ1v) is 9.35. The van der Waals surface area contributed by atoms with E-state index in [1.165, 1.54) is 0 Å². The van der Waals surface area contributed by atoms with Gasteiger partial charge in [0.15, 0.2) is 0 Å². The van der Waals surface area contributed by atoms with Gasteiger partial charge in [0.1, 0.15) is 11.9 Å². The number of aromatic nitrogens is 4. The van der Waals surface area contributed by atoms with Crippen molar-refractivity contribution in [3.63, 3.8) is 0 Å². The maximum absolute atomic E-state index is 12.4. The number of rotatable bonds is 5. The van der Waals surface area contributed by atoms with Crippen molar-refractivity contribution < 1.29 is 9.53 Å². The molecule has 0 spiro atoms. The highest BCUT2D eigenvalue weighted by Crippen LogP contribution is 2.18. The molecule has 0 aromatic carbocycles. The number of pyridine rings is 2. The van der Waals surface area contributed by atoms with Crippen LogP contribution in [0.4, 0.5) is 5.82 Å². The summed E-state index contributed by atoms with van der Waals surface area (Å²) >= 11 is 0. The molecule has 8 heteroatoms. The number of fused-ring (bicyclic) bond motifs is 1. The molecular weight excluding hydrogens is 356 g/mol. The second-order valence-corrected chi connectivity index (χ2v) is 6.83. The van der Waals surface area contributed by atoms with Gasteiger partial charge in [0, 0.05) is 42.8 Å². The molecule has 1 N–H and O–H groups in total. The lowest BCUT2D eigenvalue weighted by molar-refractivity contribution is -0.117.